The van der Waals surface area contributed by atoms with Gasteiger partial charge in [-0.3, -0.25) is 9.59 Å². The van der Waals surface area contributed by atoms with Crippen LogP contribution in [0.3, 0.4) is 0 Å². The molecule has 1 fully saturated rings. The Labute approximate surface area is 162 Å². The van der Waals surface area contributed by atoms with Gasteiger partial charge in [0.2, 0.25) is 11.8 Å². The number of nitrogens with one attached hydrogen (secondary N) is 2. The molecule has 10 heteroatoms. The number of furan rings is 1. The van der Waals surface area contributed by atoms with Gasteiger partial charge < -0.3 is 15.1 Å². The molecule has 2 N–H and O–H groups in total. The van der Waals surface area contributed by atoms with Crippen LogP contribution in [-0.2, 0) is 9.59 Å². The fraction of sp³-hybridized carbons (Fsp3) is 0.125. The Kier molecular flexibility index (Phi) is 5.97. The van der Waals surface area contributed by atoms with E-state index in [0.29, 0.717) is 26.7 Å². The highest BCUT2D eigenvalue weighted by atomic mass is 35.5. The number of rotatable bonds is 5. The Morgan fingerprint density at radius 2 is 2.23 bits per heavy atom. The molecule has 1 aromatic heterocycles. The Morgan fingerprint density at radius 1 is 1.38 bits per heavy atom. The predicted molar refractivity (Wildman–Crippen MR) is 103 cm³/mol. The van der Waals surface area contributed by atoms with Crippen LogP contribution in [0, 0.1) is 0 Å². The number of thioether (sulfide) groups is 1. The second-order valence-electron chi connectivity index (χ2n) is 5.14. The van der Waals surface area contributed by atoms with Crippen LogP contribution in [0.25, 0.3) is 0 Å². The zero-order chi connectivity index (χ0) is 18.5. The third kappa shape index (κ3) is 4.87. The van der Waals surface area contributed by atoms with Gasteiger partial charge in [0.1, 0.15) is 11.0 Å². The summed E-state index contributed by atoms with van der Waals surface area (Å²) in [5, 5.41) is 13.5. The number of hydrogen-bond donors (Lipinski definition) is 2. The molecule has 0 aliphatic carbocycles. The minimum Gasteiger partial charge on any atom is -0.463 e. The molecule has 3 rings (SSSR count). The molecule has 1 atom stereocenters. The van der Waals surface area contributed by atoms with E-state index in [9.17, 15) is 9.59 Å². The third-order valence-corrected chi connectivity index (χ3v) is 4.85. The van der Waals surface area contributed by atoms with Crippen molar-refractivity contribution in [3.63, 3.8) is 0 Å². The van der Waals surface area contributed by atoms with Crippen molar-refractivity contribution < 1.29 is 14.0 Å². The zero-order valence-electron chi connectivity index (χ0n) is 13.1. The van der Waals surface area contributed by atoms with E-state index in [1.807, 2.05) is 0 Å². The molecule has 2 amide bonds. The Balaban J connectivity index is 1.56. The molecule has 134 valence electrons. The summed E-state index contributed by atoms with van der Waals surface area (Å²) in [6.07, 6.45) is 2.90. The average Bonchev–Trinajstić information content (AvgIpc) is 3.21. The van der Waals surface area contributed by atoms with E-state index in [4.69, 9.17) is 27.6 Å². The summed E-state index contributed by atoms with van der Waals surface area (Å²) in [4.78, 5) is 24.1. The van der Waals surface area contributed by atoms with Crippen LogP contribution in [0.2, 0.25) is 10.0 Å². The zero-order valence-corrected chi connectivity index (χ0v) is 15.4. The molecular weight excluding hydrogens is 399 g/mol. The number of hydrogen-bond acceptors (Lipinski definition) is 6. The Morgan fingerprint density at radius 3 is 2.96 bits per heavy atom. The molecule has 26 heavy (non-hydrogen) atoms. The third-order valence-electron chi connectivity index (χ3n) is 3.23. The van der Waals surface area contributed by atoms with E-state index in [0.717, 1.165) is 11.8 Å². The van der Waals surface area contributed by atoms with E-state index >= 15 is 0 Å². The summed E-state index contributed by atoms with van der Waals surface area (Å²) in [6, 6.07) is 8.18. The maximum atomic E-state index is 12.1. The lowest BCUT2D eigenvalue weighted by Gasteiger charge is -2.09. The van der Waals surface area contributed by atoms with Crippen molar-refractivity contribution >= 4 is 63.8 Å². The van der Waals surface area contributed by atoms with Gasteiger partial charge in [-0.2, -0.15) is 5.10 Å². The van der Waals surface area contributed by atoms with Crippen LogP contribution in [-0.4, -0.2) is 28.4 Å². The van der Waals surface area contributed by atoms with Gasteiger partial charge in [0.05, 0.1) is 23.2 Å². The van der Waals surface area contributed by atoms with Gasteiger partial charge in [0.15, 0.2) is 5.17 Å². The number of carbonyl (C=O) groups is 2. The number of anilines is 1. The summed E-state index contributed by atoms with van der Waals surface area (Å²) in [6.45, 7) is 0. The maximum absolute atomic E-state index is 12.1. The molecule has 1 aliphatic heterocycles. The lowest BCUT2D eigenvalue weighted by molar-refractivity contribution is -0.122. The predicted octanol–water partition coefficient (Wildman–Crippen LogP) is 3.54. The first-order valence-electron chi connectivity index (χ1n) is 7.38. The van der Waals surface area contributed by atoms with Crippen LogP contribution in [0.4, 0.5) is 5.69 Å². The number of nitrogens with zero attached hydrogens (tertiary/aromatic N) is 2. The van der Waals surface area contributed by atoms with Crippen molar-refractivity contribution in [3.05, 3.63) is 52.4 Å². The number of halogens is 2. The van der Waals surface area contributed by atoms with Gasteiger partial charge in [-0.15, -0.1) is 5.10 Å². The van der Waals surface area contributed by atoms with Crippen molar-refractivity contribution in [2.24, 2.45) is 10.2 Å². The molecule has 2 aromatic rings. The van der Waals surface area contributed by atoms with Crippen LogP contribution < -0.4 is 10.6 Å². The van der Waals surface area contributed by atoms with Crippen LogP contribution in [0.5, 0.6) is 0 Å². The summed E-state index contributed by atoms with van der Waals surface area (Å²) < 4.78 is 5.08. The minimum atomic E-state index is -0.598. The van der Waals surface area contributed by atoms with Gasteiger partial charge in [-0.05, 0) is 30.3 Å². The highest BCUT2D eigenvalue weighted by Gasteiger charge is 2.32. The van der Waals surface area contributed by atoms with E-state index in [2.05, 4.69) is 20.8 Å². The van der Waals surface area contributed by atoms with E-state index in [-0.39, 0.29) is 18.2 Å². The molecule has 1 aromatic carbocycles. The smallest absolute Gasteiger partial charge is 0.240 e. The summed E-state index contributed by atoms with van der Waals surface area (Å²) in [7, 11) is 0. The first-order chi connectivity index (χ1) is 12.5. The van der Waals surface area contributed by atoms with E-state index < -0.39 is 5.25 Å². The normalized spacial score (nSPS) is 18.5. The highest BCUT2D eigenvalue weighted by Crippen LogP contribution is 2.27. The van der Waals surface area contributed by atoms with E-state index in [1.54, 1.807) is 24.3 Å². The molecule has 1 unspecified atom stereocenters. The quantitative estimate of drug-likeness (QED) is 0.581. The number of amidine groups is 1. The van der Waals surface area contributed by atoms with Gasteiger partial charge in [-0.25, -0.2) is 0 Å². The molecular formula is C16H12Cl2N4O3S. The van der Waals surface area contributed by atoms with Crippen molar-refractivity contribution in [2.45, 2.75) is 11.7 Å². The number of benzene rings is 1. The fourth-order valence-electron chi connectivity index (χ4n) is 2.05. The van der Waals surface area contributed by atoms with Crippen molar-refractivity contribution in [1.29, 1.82) is 0 Å². The lowest BCUT2D eigenvalue weighted by Crippen LogP contribution is -2.28. The SMILES string of the molecule is O=C(CC1S/C(=N/N=Cc2ccco2)NC1=O)Nc1ccc(Cl)cc1Cl. The van der Waals surface area contributed by atoms with Crippen LogP contribution in [0.1, 0.15) is 12.2 Å². The van der Waals surface area contributed by atoms with Gasteiger partial charge in [-0.1, -0.05) is 35.0 Å². The molecule has 0 spiro atoms. The Bertz CT molecular complexity index is 884. The molecule has 0 saturated carbocycles. The maximum Gasteiger partial charge on any atom is 0.240 e. The average molecular weight is 411 g/mol. The molecule has 0 radical (unpaired) electrons. The summed E-state index contributed by atoms with van der Waals surface area (Å²) in [5.74, 6) is -0.110. The van der Waals surface area contributed by atoms with Crippen molar-refractivity contribution in [3.8, 4) is 0 Å². The Hall–Kier alpha value is -2.29. The monoisotopic (exact) mass is 410 g/mol. The molecule has 1 aliphatic rings. The number of amides is 2. The lowest BCUT2D eigenvalue weighted by atomic mass is 10.2. The van der Waals surface area contributed by atoms with Gasteiger partial charge in [0, 0.05) is 11.4 Å². The summed E-state index contributed by atoms with van der Waals surface area (Å²) >= 11 is 13.0. The molecule has 1 saturated heterocycles. The van der Waals surface area contributed by atoms with E-state index in [1.165, 1.54) is 18.5 Å². The van der Waals surface area contributed by atoms with Gasteiger partial charge >= 0.3 is 0 Å². The number of carbonyl (C=O) groups excluding carboxylic acids is 2. The molecule has 0 bridgehead atoms. The first-order valence-corrected chi connectivity index (χ1v) is 9.02. The standard InChI is InChI=1S/C16H12Cl2N4O3S/c17-9-3-4-12(11(18)6-9)20-14(23)7-13-15(24)21-16(26-13)22-19-8-10-2-1-5-25-10/h1-6,8,13H,7H2,(H,20,23)(H,21,22,24). The second kappa shape index (κ2) is 8.39. The minimum absolute atomic E-state index is 0.0314. The molecule has 7 nitrogen and oxygen atoms in total. The van der Waals surface area contributed by atoms with Crippen molar-refractivity contribution in [1.82, 2.24) is 5.32 Å². The largest absolute Gasteiger partial charge is 0.463 e. The molecule has 2 heterocycles. The van der Waals surface area contributed by atoms with Crippen molar-refractivity contribution in [2.75, 3.05) is 5.32 Å². The summed E-state index contributed by atoms with van der Waals surface area (Å²) in [5.41, 5.74) is 0.432. The van der Waals surface area contributed by atoms with Gasteiger partial charge in [0.25, 0.3) is 0 Å². The van der Waals surface area contributed by atoms with Crippen LogP contribution in [0.15, 0.2) is 51.2 Å². The topological polar surface area (TPSA) is 96.1 Å². The van der Waals surface area contributed by atoms with Crippen LogP contribution >= 0.6 is 35.0 Å². The second-order valence-corrected chi connectivity index (χ2v) is 7.17. The first kappa shape index (κ1) is 18.5. The highest BCUT2D eigenvalue weighted by molar-refractivity contribution is 8.15. The fourth-order valence-corrected chi connectivity index (χ4v) is 3.43.